The van der Waals surface area contributed by atoms with Gasteiger partial charge in [0.2, 0.25) is 0 Å². The summed E-state index contributed by atoms with van der Waals surface area (Å²) in [4.78, 5) is 49.2. The summed E-state index contributed by atoms with van der Waals surface area (Å²) in [5.41, 5.74) is 0. The van der Waals surface area contributed by atoms with Crippen LogP contribution in [0.25, 0.3) is 0 Å². The van der Waals surface area contributed by atoms with Crippen LogP contribution in [-0.2, 0) is 38.1 Å². The van der Waals surface area contributed by atoms with Crippen LogP contribution in [0.4, 0.5) is 0 Å². The van der Waals surface area contributed by atoms with E-state index in [0.29, 0.717) is 13.2 Å². The molecule has 0 fully saturated rings. The van der Waals surface area contributed by atoms with Gasteiger partial charge in [-0.1, -0.05) is 36.4 Å². The van der Waals surface area contributed by atoms with Gasteiger partial charge in [-0.15, -0.1) is 0 Å². The molecule has 10 heteroatoms. The number of rotatable bonds is 20. The molecule has 0 saturated carbocycles. The SMILES string of the molecule is CC(=O)[C@@H](C[C@H](C(C)=O)C(=O)OCCOCCOc1ccccc1)C(=O)OCCOCCOc1ccccc1. The normalized spacial score (nSPS) is 12.2. The van der Waals surface area contributed by atoms with Crippen molar-refractivity contribution in [2.45, 2.75) is 20.3 Å². The summed E-state index contributed by atoms with van der Waals surface area (Å²) in [6.45, 7) is 3.64. The van der Waals surface area contributed by atoms with Crippen molar-refractivity contribution in [2.75, 3.05) is 52.9 Å². The van der Waals surface area contributed by atoms with E-state index in [2.05, 4.69) is 0 Å². The Morgan fingerprint density at radius 2 is 0.897 bits per heavy atom. The first kappa shape index (κ1) is 31.5. The van der Waals surface area contributed by atoms with Crippen LogP contribution in [0.5, 0.6) is 11.5 Å². The number of carbonyl (C=O) groups is 4. The molecule has 0 N–H and O–H groups in total. The third-order valence-corrected chi connectivity index (χ3v) is 5.45. The maximum atomic E-state index is 12.5. The summed E-state index contributed by atoms with van der Waals surface area (Å²) >= 11 is 0. The average molecular weight is 545 g/mol. The number of para-hydroxylation sites is 2. The first-order valence-electron chi connectivity index (χ1n) is 12.7. The van der Waals surface area contributed by atoms with Crippen molar-refractivity contribution in [1.82, 2.24) is 0 Å². The van der Waals surface area contributed by atoms with Crippen LogP contribution in [0.1, 0.15) is 20.3 Å². The van der Waals surface area contributed by atoms with Gasteiger partial charge >= 0.3 is 11.9 Å². The topological polar surface area (TPSA) is 124 Å². The maximum Gasteiger partial charge on any atom is 0.316 e. The molecule has 0 aliphatic carbocycles. The van der Waals surface area contributed by atoms with E-state index in [-0.39, 0.29) is 46.1 Å². The Bertz CT molecular complexity index is 928. The van der Waals surface area contributed by atoms with Crippen LogP contribution in [-0.4, -0.2) is 76.4 Å². The van der Waals surface area contributed by atoms with Crippen LogP contribution in [0.3, 0.4) is 0 Å². The first-order valence-corrected chi connectivity index (χ1v) is 12.7. The molecule has 0 heterocycles. The molecule has 2 atom stereocenters. The molecular weight excluding hydrogens is 508 g/mol. The van der Waals surface area contributed by atoms with Crippen molar-refractivity contribution >= 4 is 23.5 Å². The second-order valence-electron chi connectivity index (χ2n) is 8.44. The van der Waals surface area contributed by atoms with E-state index in [0.717, 1.165) is 11.5 Å². The Balaban J connectivity index is 1.64. The summed E-state index contributed by atoms with van der Waals surface area (Å²) in [7, 11) is 0. The zero-order chi connectivity index (χ0) is 28.3. The summed E-state index contributed by atoms with van der Waals surface area (Å²) in [5.74, 6) is -3.80. The van der Waals surface area contributed by atoms with Gasteiger partial charge in [0, 0.05) is 0 Å². The van der Waals surface area contributed by atoms with Crippen LogP contribution in [0, 0.1) is 11.8 Å². The van der Waals surface area contributed by atoms with Gasteiger partial charge in [0.1, 0.15) is 61.3 Å². The molecule has 0 radical (unpaired) electrons. The van der Waals surface area contributed by atoms with Gasteiger partial charge in [0.15, 0.2) is 0 Å². The molecule has 0 aromatic heterocycles. The fourth-order valence-electron chi connectivity index (χ4n) is 3.37. The number of hydrogen-bond acceptors (Lipinski definition) is 10. The minimum absolute atomic E-state index is 0.0888. The molecule has 0 spiro atoms. The second-order valence-corrected chi connectivity index (χ2v) is 8.44. The molecule has 2 rings (SSSR count). The third kappa shape index (κ3) is 13.0. The smallest absolute Gasteiger partial charge is 0.316 e. The van der Waals surface area contributed by atoms with Crippen molar-refractivity contribution < 1.29 is 47.6 Å². The van der Waals surface area contributed by atoms with Gasteiger partial charge in [-0.2, -0.15) is 0 Å². The van der Waals surface area contributed by atoms with E-state index < -0.39 is 35.3 Å². The highest BCUT2D eigenvalue weighted by atomic mass is 16.6. The Morgan fingerprint density at radius 1 is 0.538 bits per heavy atom. The van der Waals surface area contributed by atoms with Crippen molar-refractivity contribution in [3.05, 3.63) is 60.7 Å². The summed E-state index contributed by atoms with van der Waals surface area (Å²) < 4.78 is 32.0. The highest BCUT2D eigenvalue weighted by Gasteiger charge is 2.35. The zero-order valence-electron chi connectivity index (χ0n) is 22.4. The number of benzene rings is 2. The van der Waals surface area contributed by atoms with Crippen LogP contribution in [0.15, 0.2) is 60.7 Å². The predicted octanol–water partition coefficient (Wildman–Crippen LogP) is 3.06. The van der Waals surface area contributed by atoms with Crippen molar-refractivity contribution in [2.24, 2.45) is 11.8 Å². The molecule has 0 aliphatic heterocycles. The van der Waals surface area contributed by atoms with E-state index in [1.807, 2.05) is 60.7 Å². The lowest BCUT2D eigenvalue weighted by Crippen LogP contribution is -2.34. The van der Waals surface area contributed by atoms with E-state index in [9.17, 15) is 19.2 Å². The fourth-order valence-corrected chi connectivity index (χ4v) is 3.37. The Labute approximate surface area is 228 Å². The summed E-state index contributed by atoms with van der Waals surface area (Å²) in [6, 6.07) is 18.5. The second kappa shape index (κ2) is 18.5. The van der Waals surface area contributed by atoms with Crippen LogP contribution >= 0.6 is 0 Å². The van der Waals surface area contributed by atoms with Gasteiger partial charge < -0.3 is 28.4 Å². The molecule has 10 nitrogen and oxygen atoms in total. The largest absolute Gasteiger partial charge is 0.491 e. The lowest BCUT2D eigenvalue weighted by Gasteiger charge is -2.18. The van der Waals surface area contributed by atoms with Gasteiger partial charge in [-0.3, -0.25) is 19.2 Å². The molecule has 39 heavy (non-hydrogen) atoms. The number of Topliss-reactive ketones (excluding diaryl/α,β-unsaturated/α-hetero) is 2. The molecule has 212 valence electrons. The molecule has 0 aliphatic rings. The maximum absolute atomic E-state index is 12.5. The van der Waals surface area contributed by atoms with Gasteiger partial charge in [-0.25, -0.2) is 0 Å². The molecule has 0 amide bonds. The Kier molecular flexibility index (Phi) is 14.9. The number of ketones is 2. The molecule has 2 aromatic rings. The standard InChI is InChI=1S/C29H36O10/c1-22(30)26(28(32)38-19-15-34-13-17-36-24-9-5-3-6-10-24)21-27(23(2)31)29(33)39-20-16-35-14-18-37-25-11-7-4-8-12-25/h3-12,26-27H,13-21H2,1-2H3/t26-,27-/m1/s1. The first-order chi connectivity index (χ1) is 18.9. The molecule has 0 unspecified atom stereocenters. The van der Waals surface area contributed by atoms with Gasteiger partial charge in [0.05, 0.1) is 26.4 Å². The monoisotopic (exact) mass is 544 g/mol. The molecule has 2 aromatic carbocycles. The van der Waals surface area contributed by atoms with Crippen LogP contribution in [0.2, 0.25) is 0 Å². The van der Waals surface area contributed by atoms with Gasteiger partial charge in [-0.05, 0) is 44.5 Å². The number of esters is 2. The summed E-state index contributed by atoms with van der Waals surface area (Å²) in [6.07, 6.45) is -0.333. The average Bonchev–Trinajstić information content (AvgIpc) is 2.93. The fraction of sp³-hybridized carbons (Fsp3) is 0.448. The van der Waals surface area contributed by atoms with E-state index in [1.165, 1.54) is 13.8 Å². The Hall–Kier alpha value is -3.76. The number of ether oxygens (including phenoxy) is 6. The highest BCUT2D eigenvalue weighted by Crippen LogP contribution is 2.18. The summed E-state index contributed by atoms with van der Waals surface area (Å²) in [5, 5.41) is 0. The molecule has 0 bridgehead atoms. The third-order valence-electron chi connectivity index (χ3n) is 5.45. The minimum Gasteiger partial charge on any atom is -0.491 e. The molecule has 0 saturated heterocycles. The number of hydrogen-bond donors (Lipinski definition) is 0. The lowest BCUT2D eigenvalue weighted by atomic mass is 9.89. The lowest BCUT2D eigenvalue weighted by molar-refractivity contribution is -0.157. The van der Waals surface area contributed by atoms with E-state index in [1.54, 1.807) is 0 Å². The molecular formula is C29H36O10. The quantitative estimate of drug-likeness (QED) is 0.140. The van der Waals surface area contributed by atoms with E-state index >= 15 is 0 Å². The predicted molar refractivity (Wildman–Crippen MR) is 140 cm³/mol. The van der Waals surface area contributed by atoms with Gasteiger partial charge in [0.25, 0.3) is 0 Å². The van der Waals surface area contributed by atoms with Crippen molar-refractivity contribution in [3.8, 4) is 11.5 Å². The van der Waals surface area contributed by atoms with Crippen molar-refractivity contribution in [1.29, 1.82) is 0 Å². The zero-order valence-corrected chi connectivity index (χ0v) is 22.4. The minimum atomic E-state index is -1.28. The Morgan fingerprint density at radius 3 is 1.26 bits per heavy atom. The highest BCUT2D eigenvalue weighted by molar-refractivity contribution is 6.02. The van der Waals surface area contributed by atoms with E-state index in [4.69, 9.17) is 28.4 Å². The van der Waals surface area contributed by atoms with Crippen LogP contribution < -0.4 is 9.47 Å². The number of carbonyl (C=O) groups excluding carboxylic acids is 4. The van der Waals surface area contributed by atoms with Crippen molar-refractivity contribution in [3.63, 3.8) is 0 Å².